The van der Waals surface area contributed by atoms with Gasteiger partial charge in [-0.1, -0.05) is 54.2 Å². The molecule has 0 aliphatic heterocycles. The van der Waals surface area contributed by atoms with Crippen molar-refractivity contribution >= 4 is 40.5 Å². The van der Waals surface area contributed by atoms with Crippen LogP contribution in [0.5, 0.6) is 0 Å². The number of halogens is 1. The lowest BCUT2D eigenvalue weighted by Crippen LogP contribution is -2.14. The highest BCUT2D eigenvalue weighted by Gasteiger charge is 2.14. The molecule has 0 aliphatic carbocycles. The van der Waals surface area contributed by atoms with Gasteiger partial charge in [-0.3, -0.25) is 0 Å². The van der Waals surface area contributed by atoms with Crippen LogP contribution in [0, 0.1) is 0 Å². The summed E-state index contributed by atoms with van der Waals surface area (Å²) in [5.41, 5.74) is 1.91. The van der Waals surface area contributed by atoms with E-state index in [0.717, 1.165) is 5.56 Å². The normalized spacial score (nSPS) is 10.4. The molecular formula is C17H16ClNO2S. The summed E-state index contributed by atoms with van der Waals surface area (Å²) in [4.78, 5) is 12.6. The van der Waals surface area contributed by atoms with E-state index >= 15 is 0 Å². The topological polar surface area (TPSA) is 38.3 Å². The van der Waals surface area contributed by atoms with Gasteiger partial charge in [0.25, 0.3) is 0 Å². The van der Waals surface area contributed by atoms with Crippen molar-refractivity contribution in [3.8, 4) is 0 Å². The molecule has 0 saturated heterocycles. The Hall–Kier alpha value is -1.91. The molecule has 0 aromatic heterocycles. The van der Waals surface area contributed by atoms with Crippen LogP contribution in [0.1, 0.15) is 29.8 Å². The first-order valence-corrected chi connectivity index (χ1v) is 7.63. The van der Waals surface area contributed by atoms with Crippen LogP contribution >= 0.6 is 23.8 Å². The SMILES string of the molecule is CC(C)OC(=O)c1cc(NC(=S)c2ccccc2)ccc1Cl. The fourth-order valence-electron chi connectivity index (χ4n) is 1.83. The summed E-state index contributed by atoms with van der Waals surface area (Å²) in [5.74, 6) is -0.450. The molecule has 22 heavy (non-hydrogen) atoms. The molecule has 0 heterocycles. The smallest absolute Gasteiger partial charge is 0.339 e. The van der Waals surface area contributed by atoms with E-state index < -0.39 is 5.97 Å². The number of rotatable bonds is 4. The van der Waals surface area contributed by atoms with E-state index in [1.807, 2.05) is 30.3 Å². The van der Waals surface area contributed by atoms with Gasteiger partial charge in [0.1, 0.15) is 4.99 Å². The van der Waals surface area contributed by atoms with Gasteiger partial charge in [0.05, 0.1) is 16.7 Å². The van der Waals surface area contributed by atoms with Gasteiger partial charge >= 0.3 is 5.97 Å². The Bertz CT molecular complexity index is 686. The van der Waals surface area contributed by atoms with Crippen molar-refractivity contribution in [3.05, 3.63) is 64.7 Å². The standard InChI is InChI=1S/C17H16ClNO2S/c1-11(2)21-17(20)14-10-13(8-9-15(14)18)19-16(22)12-6-4-3-5-7-12/h3-11H,1-2H3,(H,19,22). The van der Waals surface area contributed by atoms with Gasteiger partial charge in [-0.15, -0.1) is 0 Å². The summed E-state index contributed by atoms with van der Waals surface area (Å²) in [6.45, 7) is 3.58. The largest absolute Gasteiger partial charge is 0.459 e. The number of hydrogen-bond donors (Lipinski definition) is 1. The minimum atomic E-state index is -0.450. The predicted molar refractivity (Wildman–Crippen MR) is 93.8 cm³/mol. The number of carbonyl (C=O) groups excluding carboxylic acids is 1. The Balaban J connectivity index is 2.19. The summed E-state index contributed by atoms with van der Waals surface area (Å²) in [6, 6.07) is 14.6. The van der Waals surface area contributed by atoms with Crippen molar-refractivity contribution in [2.24, 2.45) is 0 Å². The lowest BCUT2D eigenvalue weighted by Gasteiger charge is -2.12. The second-order valence-corrected chi connectivity index (χ2v) is 5.78. The Kier molecular flexibility index (Phi) is 5.52. The number of anilines is 1. The number of hydrogen-bond acceptors (Lipinski definition) is 3. The quantitative estimate of drug-likeness (QED) is 0.650. The zero-order valence-corrected chi connectivity index (χ0v) is 13.9. The first-order chi connectivity index (χ1) is 10.5. The molecule has 1 N–H and O–H groups in total. The van der Waals surface area contributed by atoms with E-state index in [0.29, 0.717) is 21.3 Å². The molecule has 0 aliphatic rings. The van der Waals surface area contributed by atoms with Crippen LogP contribution < -0.4 is 5.32 Å². The third-order valence-electron chi connectivity index (χ3n) is 2.82. The van der Waals surface area contributed by atoms with Crippen molar-refractivity contribution in [1.82, 2.24) is 0 Å². The van der Waals surface area contributed by atoms with Crippen LogP contribution in [0.4, 0.5) is 5.69 Å². The lowest BCUT2D eigenvalue weighted by atomic mass is 10.1. The van der Waals surface area contributed by atoms with Crippen LogP contribution in [-0.4, -0.2) is 17.1 Å². The lowest BCUT2D eigenvalue weighted by molar-refractivity contribution is 0.0378. The fraction of sp³-hybridized carbons (Fsp3) is 0.176. The van der Waals surface area contributed by atoms with Crippen LogP contribution in [0.3, 0.4) is 0 Å². The van der Waals surface area contributed by atoms with Crippen LogP contribution in [0.15, 0.2) is 48.5 Å². The Morgan fingerprint density at radius 2 is 1.86 bits per heavy atom. The predicted octanol–water partition coefficient (Wildman–Crippen LogP) is 4.69. The number of nitrogens with one attached hydrogen (secondary N) is 1. The molecule has 2 aromatic carbocycles. The van der Waals surface area contributed by atoms with Crippen LogP contribution in [0.25, 0.3) is 0 Å². The molecule has 0 saturated carbocycles. The van der Waals surface area contributed by atoms with Crippen molar-refractivity contribution in [1.29, 1.82) is 0 Å². The molecule has 0 fully saturated rings. The average Bonchev–Trinajstić information content (AvgIpc) is 2.49. The second kappa shape index (κ2) is 7.38. The van der Waals surface area contributed by atoms with Gasteiger partial charge in [0.2, 0.25) is 0 Å². The molecule has 0 spiro atoms. The number of thiocarbonyl (C=S) groups is 1. The molecule has 2 rings (SSSR count). The number of esters is 1. The van der Waals surface area contributed by atoms with Crippen LogP contribution in [0.2, 0.25) is 5.02 Å². The van der Waals surface area contributed by atoms with Gasteiger partial charge in [0.15, 0.2) is 0 Å². The van der Waals surface area contributed by atoms with E-state index in [4.69, 9.17) is 28.6 Å². The molecule has 0 bridgehead atoms. The van der Waals surface area contributed by atoms with Gasteiger partial charge in [-0.2, -0.15) is 0 Å². The monoisotopic (exact) mass is 333 g/mol. The first-order valence-electron chi connectivity index (χ1n) is 6.84. The number of carbonyl (C=O) groups is 1. The van der Waals surface area contributed by atoms with E-state index in [1.54, 1.807) is 32.0 Å². The molecule has 2 aromatic rings. The van der Waals surface area contributed by atoms with Crippen molar-refractivity contribution in [3.63, 3.8) is 0 Å². The van der Waals surface area contributed by atoms with Gasteiger partial charge in [0, 0.05) is 11.3 Å². The zero-order valence-electron chi connectivity index (χ0n) is 12.3. The minimum absolute atomic E-state index is 0.203. The highest BCUT2D eigenvalue weighted by atomic mass is 35.5. The molecule has 0 amide bonds. The van der Waals surface area contributed by atoms with Crippen molar-refractivity contribution in [2.45, 2.75) is 20.0 Å². The average molecular weight is 334 g/mol. The minimum Gasteiger partial charge on any atom is -0.459 e. The van der Waals surface area contributed by atoms with Crippen molar-refractivity contribution < 1.29 is 9.53 Å². The number of ether oxygens (including phenoxy) is 1. The van der Waals surface area contributed by atoms with Gasteiger partial charge < -0.3 is 10.1 Å². The van der Waals surface area contributed by atoms with Gasteiger partial charge in [-0.25, -0.2) is 4.79 Å². The fourth-order valence-corrected chi connectivity index (χ4v) is 2.28. The highest BCUT2D eigenvalue weighted by molar-refractivity contribution is 7.81. The van der Waals surface area contributed by atoms with Gasteiger partial charge in [-0.05, 0) is 32.0 Å². The van der Waals surface area contributed by atoms with Crippen molar-refractivity contribution in [2.75, 3.05) is 5.32 Å². The maximum absolute atomic E-state index is 12.0. The van der Waals surface area contributed by atoms with E-state index in [-0.39, 0.29) is 6.10 Å². The molecule has 0 unspecified atom stereocenters. The summed E-state index contributed by atoms with van der Waals surface area (Å²) < 4.78 is 5.18. The zero-order chi connectivity index (χ0) is 16.1. The summed E-state index contributed by atoms with van der Waals surface area (Å²) >= 11 is 11.4. The highest BCUT2D eigenvalue weighted by Crippen LogP contribution is 2.22. The molecule has 0 radical (unpaired) electrons. The molecular weight excluding hydrogens is 318 g/mol. The van der Waals surface area contributed by atoms with Crippen LogP contribution in [-0.2, 0) is 4.74 Å². The molecule has 5 heteroatoms. The Morgan fingerprint density at radius 1 is 1.18 bits per heavy atom. The van der Waals surface area contributed by atoms with E-state index in [1.165, 1.54) is 0 Å². The second-order valence-electron chi connectivity index (χ2n) is 4.97. The summed E-state index contributed by atoms with van der Waals surface area (Å²) in [6.07, 6.45) is -0.203. The number of benzene rings is 2. The van der Waals surface area contributed by atoms with E-state index in [9.17, 15) is 4.79 Å². The Morgan fingerprint density at radius 3 is 2.50 bits per heavy atom. The summed E-state index contributed by atoms with van der Waals surface area (Å²) in [7, 11) is 0. The third-order valence-corrected chi connectivity index (χ3v) is 3.49. The maximum Gasteiger partial charge on any atom is 0.339 e. The molecule has 0 atom stereocenters. The molecule has 114 valence electrons. The van der Waals surface area contributed by atoms with E-state index in [2.05, 4.69) is 5.32 Å². The maximum atomic E-state index is 12.0. The summed E-state index contributed by atoms with van der Waals surface area (Å²) in [5, 5.41) is 3.45. The first kappa shape index (κ1) is 16.5. The third kappa shape index (κ3) is 4.29. The molecule has 3 nitrogen and oxygen atoms in total. The Labute approximate surface area is 140 Å².